The molecule has 0 aliphatic carbocycles. The van der Waals surface area contributed by atoms with Gasteiger partial charge in [0, 0.05) is 6.04 Å². The lowest BCUT2D eigenvalue weighted by Gasteiger charge is -2.24. The third-order valence-corrected chi connectivity index (χ3v) is 4.84. The molecule has 3 nitrogen and oxygen atoms in total. The van der Waals surface area contributed by atoms with Crippen LogP contribution in [0.15, 0.2) is 48.8 Å². The fraction of sp³-hybridized carbons (Fsp3) is 0.316. The number of nitrogens with one attached hydrogen (secondary N) is 1. The second kappa shape index (κ2) is 5.58. The van der Waals surface area contributed by atoms with Crippen LogP contribution in [0.3, 0.4) is 0 Å². The number of H-pyrrole nitrogens is 1. The number of rotatable bonds is 3. The topological polar surface area (TPSA) is 31.9 Å². The summed E-state index contributed by atoms with van der Waals surface area (Å²) in [5.41, 5.74) is 6.01. The van der Waals surface area contributed by atoms with Crippen molar-refractivity contribution in [3.63, 3.8) is 0 Å². The van der Waals surface area contributed by atoms with E-state index in [4.69, 9.17) is 0 Å². The summed E-state index contributed by atoms with van der Waals surface area (Å²) in [5, 5.41) is 0. The molecule has 1 N–H and O–H groups in total. The van der Waals surface area contributed by atoms with Gasteiger partial charge in [-0.1, -0.05) is 30.3 Å². The molecular weight excluding hydrogens is 270 g/mol. The maximum atomic E-state index is 4.27. The molecule has 2 heterocycles. The Morgan fingerprint density at radius 2 is 1.73 bits per heavy atom. The molecule has 3 aromatic rings. The molecule has 22 heavy (non-hydrogen) atoms. The van der Waals surface area contributed by atoms with E-state index in [1.807, 2.05) is 0 Å². The summed E-state index contributed by atoms with van der Waals surface area (Å²) in [6, 6.07) is 15.9. The number of nitrogens with zero attached hydrogens (tertiary/aromatic N) is 2. The van der Waals surface area contributed by atoms with Gasteiger partial charge in [-0.2, -0.15) is 0 Å². The zero-order valence-corrected chi connectivity index (χ0v) is 12.9. The molecule has 0 bridgehead atoms. The Morgan fingerprint density at radius 1 is 1.00 bits per heavy atom. The minimum absolute atomic E-state index is 0.520. The van der Waals surface area contributed by atoms with E-state index < -0.39 is 0 Å². The zero-order valence-electron chi connectivity index (χ0n) is 12.9. The van der Waals surface area contributed by atoms with Gasteiger partial charge in [-0.15, -0.1) is 0 Å². The third kappa shape index (κ3) is 2.42. The second-order valence-corrected chi connectivity index (χ2v) is 6.18. The van der Waals surface area contributed by atoms with Crippen LogP contribution in [-0.2, 0) is 0 Å². The number of imidazole rings is 1. The molecule has 1 atom stereocenters. The first-order chi connectivity index (χ1) is 10.8. The largest absolute Gasteiger partial charge is 0.345 e. The summed E-state index contributed by atoms with van der Waals surface area (Å²) < 4.78 is 0. The number of benzene rings is 2. The van der Waals surface area contributed by atoms with E-state index in [1.165, 1.54) is 42.6 Å². The van der Waals surface area contributed by atoms with Crippen LogP contribution in [0.25, 0.3) is 22.2 Å². The van der Waals surface area contributed by atoms with Crippen molar-refractivity contribution in [2.45, 2.75) is 25.8 Å². The molecule has 112 valence electrons. The fourth-order valence-corrected chi connectivity index (χ4v) is 3.41. The molecule has 1 saturated heterocycles. The van der Waals surface area contributed by atoms with E-state index in [-0.39, 0.29) is 0 Å². The zero-order chi connectivity index (χ0) is 14.9. The van der Waals surface area contributed by atoms with Crippen LogP contribution in [-0.4, -0.2) is 28.0 Å². The van der Waals surface area contributed by atoms with Gasteiger partial charge >= 0.3 is 0 Å². The maximum absolute atomic E-state index is 4.27. The van der Waals surface area contributed by atoms with Crippen LogP contribution in [0.1, 0.15) is 31.4 Å². The monoisotopic (exact) mass is 291 g/mol. The highest BCUT2D eigenvalue weighted by molar-refractivity contribution is 5.81. The fourth-order valence-electron chi connectivity index (χ4n) is 3.41. The van der Waals surface area contributed by atoms with Crippen molar-refractivity contribution in [2.24, 2.45) is 0 Å². The normalized spacial score (nSPS) is 17.1. The second-order valence-electron chi connectivity index (χ2n) is 6.18. The lowest BCUT2D eigenvalue weighted by Crippen LogP contribution is -2.23. The van der Waals surface area contributed by atoms with Crippen molar-refractivity contribution < 1.29 is 0 Å². The van der Waals surface area contributed by atoms with Gasteiger partial charge < -0.3 is 4.98 Å². The number of fused-ring (bicyclic) bond motifs is 1. The van der Waals surface area contributed by atoms with E-state index in [9.17, 15) is 0 Å². The standard InChI is InChI=1S/C19H21N3/c1-14(22-10-2-3-11-22)15-4-6-16(7-5-15)17-8-9-18-19(12-17)21-13-20-18/h4-9,12-14H,2-3,10-11H2,1H3,(H,20,21)/t14-/m1/s1. The van der Waals surface area contributed by atoms with Gasteiger partial charge in [0.25, 0.3) is 0 Å². The number of aromatic nitrogens is 2. The van der Waals surface area contributed by atoms with Crippen molar-refractivity contribution in [3.05, 3.63) is 54.4 Å². The Kier molecular flexibility index (Phi) is 3.43. The highest BCUT2D eigenvalue weighted by Crippen LogP contribution is 2.28. The molecule has 1 aromatic heterocycles. The molecule has 1 aliphatic heterocycles. The molecule has 1 aliphatic rings. The summed E-state index contributed by atoms with van der Waals surface area (Å²) in [6.07, 6.45) is 4.43. The lowest BCUT2D eigenvalue weighted by atomic mass is 10.0. The molecule has 0 amide bonds. The predicted molar refractivity (Wildman–Crippen MR) is 90.8 cm³/mol. The van der Waals surface area contributed by atoms with Crippen LogP contribution in [0, 0.1) is 0 Å². The molecular formula is C19H21N3. The van der Waals surface area contributed by atoms with E-state index in [0.717, 1.165) is 11.0 Å². The van der Waals surface area contributed by atoms with Gasteiger partial charge in [0.1, 0.15) is 0 Å². The smallest absolute Gasteiger partial charge is 0.0931 e. The minimum Gasteiger partial charge on any atom is -0.345 e. The molecule has 0 saturated carbocycles. The molecule has 1 fully saturated rings. The summed E-state index contributed by atoms with van der Waals surface area (Å²) in [5.74, 6) is 0. The quantitative estimate of drug-likeness (QED) is 0.776. The van der Waals surface area contributed by atoms with Crippen molar-refractivity contribution >= 4 is 11.0 Å². The molecule has 0 unspecified atom stereocenters. The average Bonchev–Trinajstić information content (AvgIpc) is 3.25. The minimum atomic E-state index is 0.520. The van der Waals surface area contributed by atoms with E-state index in [1.54, 1.807) is 6.33 Å². The first-order valence-corrected chi connectivity index (χ1v) is 8.09. The predicted octanol–water partition coefficient (Wildman–Crippen LogP) is 4.39. The van der Waals surface area contributed by atoms with Crippen molar-refractivity contribution in [1.29, 1.82) is 0 Å². The van der Waals surface area contributed by atoms with Gasteiger partial charge in [-0.25, -0.2) is 4.98 Å². The maximum Gasteiger partial charge on any atom is 0.0931 e. The van der Waals surface area contributed by atoms with Gasteiger partial charge in [-0.3, -0.25) is 4.90 Å². The van der Waals surface area contributed by atoms with Crippen LogP contribution < -0.4 is 0 Å². The number of hydrogen-bond acceptors (Lipinski definition) is 2. The van der Waals surface area contributed by atoms with E-state index >= 15 is 0 Å². The van der Waals surface area contributed by atoms with Crippen molar-refractivity contribution in [2.75, 3.05) is 13.1 Å². The average molecular weight is 291 g/mol. The highest BCUT2D eigenvalue weighted by atomic mass is 15.2. The Labute approximate surface area is 131 Å². The number of hydrogen-bond donors (Lipinski definition) is 1. The van der Waals surface area contributed by atoms with Crippen LogP contribution in [0.5, 0.6) is 0 Å². The lowest BCUT2D eigenvalue weighted by molar-refractivity contribution is 0.263. The Morgan fingerprint density at radius 3 is 2.50 bits per heavy atom. The van der Waals surface area contributed by atoms with Crippen molar-refractivity contribution in [1.82, 2.24) is 14.9 Å². The first kappa shape index (κ1) is 13.5. The van der Waals surface area contributed by atoms with Gasteiger partial charge in [-0.05, 0) is 61.7 Å². The Balaban J connectivity index is 1.60. The van der Waals surface area contributed by atoms with Gasteiger partial charge in [0.05, 0.1) is 17.4 Å². The molecule has 0 spiro atoms. The molecule has 2 aromatic carbocycles. The highest BCUT2D eigenvalue weighted by Gasteiger charge is 2.19. The Hall–Kier alpha value is -2.13. The van der Waals surface area contributed by atoms with Crippen LogP contribution >= 0.6 is 0 Å². The number of likely N-dealkylation sites (tertiary alicyclic amines) is 1. The first-order valence-electron chi connectivity index (χ1n) is 8.09. The van der Waals surface area contributed by atoms with Crippen molar-refractivity contribution in [3.8, 4) is 11.1 Å². The van der Waals surface area contributed by atoms with Crippen LogP contribution in [0.4, 0.5) is 0 Å². The summed E-state index contributed by atoms with van der Waals surface area (Å²) >= 11 is 0. The van der Waals surface area contributed by atoms with E-state index in [2.05, 4.69) is 64.3 Å². The Bertz CT molecular complexity index is 767. The van der Waals surface area contributed by atoms with Crippen LogP contribution in [0.2, 0.25) is 0 Å². The SMILES string of the molecule is C[C@H](c1ccc(-c2ccc3nc[nH]c3c2)cc1)N1CCCC1. The molecule has 4 rings (SSSR count). The summed E-state index contributed by atoms with van der Waals surface area (Å²) in [6.45, 7) is 4.79. The summed E-state index contributed by atoms with van der Waals surface area (Å²) in [4.78, 5) is 10.0. The van der Waals surface area contributed by atoms with Gasteiger partial charge in [0.15, 0.2) is 0 Å². The van der Waals surface area contributed by atoms with E-state index in [0.29, 0.717) is 6.04 Å². The van der Waals surface area contributed by atoms with Gasteiger partial charge in [0.2, 0.25) is 0 Å². The molecule has 0 radical (unpaired) electrons. The third-order valence-electron chi connectivity index (χ3n) is 4.84. The summed E-state index contributed by atoms with van der Waals surface area (Å²) in [7, 11) is 0. The molecule has 3 heteroatoms. The number of aromatic amines is 1.